The molecule has 0 radical (unpaired) electrons. The Bertz CT molecular complexity index is 884. The Kier molecular flexibility index (Phi) is 8.38. The summed E-state index contributed by atoms with van der Waals surface area (Å²) in [5, 5.41) is 2.83. The molecule has 1 amide bonds. The third-order valence-corrected chi connectivity index (χ3v) is 6.46. The van der Waals surface area contributed by atoms with Crippen LogP contribution in [-0.4, -0.2) is 39.4 Å². The summed E-state index contributed by atoms with van der Waals surface area (Å²) < 4.78 is 25.6. The molecular weight excluding hydrogens is 392 g/mol. The van der Waals surface area contributed by atoms with Gasteiger partial charge in [0.2, 0.25) is 15.9 Å². The smallest absolute Gasteiger partial charge is 0.240 e. The molecule has 0 aromatic heterocycles. The Morgan fingerprint density at radius 1 is 1.11 bits per heavy atom. The Morgan fingerprint density at radius 2 is 1.82 bits per heavy atom. The van der Waals surface area contributed by atoms with E-state index >= 15 is 0 Å². The standard InChI is InChI=1S/C21H28N2O3S2/c1-17-10-11-18(2)20(14-17)23(28(3,25)26)15-21(24)22-12-7-13-27-16-19-8-5-4-6-9-19/h4-6,8-11,14H,7,12-13,15-16H2,1-3H3,(H,22,24). The molecule has 0 saturated heterocycles. The zero-order valence-corrected chi connectivity index (χ0v) is 18.3. The van der Waals surface area contributed by atoms with Crippen LogP contribution in [-0.2, 0) is 20.6 Å². The molecule has 2 aromatic carbocycles. The van der Waals surface area contributed by atoms with Gasteiger partial charge in [-0.15, -0.1) is 0 Å². The molecule has 0 bridgehead atoms. The number of aryl methyl sites for hydroxylation is 2. The second-order valence-corrected chi connectivity index (χ2v) is 9.81. The second kappa shape index (κ2) is 10.5. The fourth-order valence-corrected chi connectivity index (χ4v) is 4.55. The van der Waals surface area contributed by atoms with Crippen molar-refractivity contribution >= 4 is 33.4 Å². The number of thioether (sulfide) groups is 1. The molecule has 0 fully saturated rings. The molecule has 0 aliphatic carbocycles. The predicted molar refractivity (Wildman–Crippen MR) is 118 cm³/mol. The minimum atomic E-state index is -3.55. The van der Waals surface area contributed by atoms with Gasteiger partial charge in [0.1, 0.15) is 6.54 Å². The van der Waals surface area contributed by atoms with Crippen LogP contribution in [0.5, 0.6) is 0 Å². The van der Waals surface area contributed by atoms with E-state index in [1.807, 2.05) is 55.9 Å². The van der Waals surface area contributed by atoms with Crippen LogP contribution in [0.4, 0.5) is 5.69 Å². The van der Waals surface area contributed by atoms with Gasteiger partial charge in [-0.2, -0.15) is 11.8 Å². The summed E-state index contributed by atoms with van der Waals surface area (Å²) in [5.41, 5.74) is 3.61. The number of benzene rings is 2. The topological polar surface area (TPSA) is 66.5 Å². The SMILES string of the molecule is Cc1ccc(C)c(N(CC(=O)NCCCSCc2ccccc2)S(C)(=O)=O)c1. The first-order valence-electron chi connectivity index (χ1n) is 9.20. The Hall–Kier alpha value is -1.99. The third-order valence-electron chi connectivity index (χ3n) is 4.22. The first-order chi connectivity index (χ1) is 13.3. The number of carbonyl (C=O) groups excluding carboxylic acids is 1. The molecule has 0 spiro atoms. The van der Waals surface area contributed by atoms with E-state index in [4.69, 9.17) is 0 Å². The van der Waals surface area contributed by atoms with Crippen molar-refractivity contribution in [1.82, 2.24) is 5.32 Å². The van der Waals surface area contributed by atoms with Crippen LogP contribution in [0.15, 0.2) is 48.5 Å². The summed E-state index contributed by atoms with van der Waals surface area (Å²) in [6.07, 6.45) is 1.97. The van der Waals surface area contributed by atoms with Gasteiger partial charge in [0.05, 0.1) is 11.9 Å². The Labute approximate surface area is 172 Å². The molecule has 2 rings (SSSR count). The van der Waals surface area contributed by atoms with E-state index in [0.29, 0.717) is 12.2 Å². The molecule has 0 heterocycles. The van der Waals surface area contributed by atoms with Crippen molar-refractivity contribution in [2.45, 2.75) is 26.0 Å². The van der Waals surface area contributed by atoms with Crippen molar-refractivity contribution < 1.29 is 13.2 Å². The number of hydrogen-bond donors (Lipinski definition) is 1. The highest BCUT2D eigenvalue weighted by Gasteiger charge is 2.22. The van der Waals surface area contributed by atoms with Crippen LogP contribution >= 0.6 is 11.8 Å². The minimum absolute atomic E-state index is 0.208. The molecule has 5 nitrogen and oxygen atoms in total. The predicted octanol–water partition coefficient (Wildman–Crippen LogP) is 3.51. The van der Waals surface area contributed by atoms with Gasteiger partial charge in [-0.1, -0.05) is 42.5 Å². The quantitative estimate of drug-likeness (QED) is 0.598. The molecule has 0 atom stereocenters. The van der Waals surface area contributed by atoms with Crippen molar-refractivity contribution in [3.8, 4) is 0 Å². The maximum absolute atomic E-state index is 12.3. The van der Waals surface area contributed by atoms with E-state index in [2.05, 4.69) is 17.4 Å². The second-order valence-electron chi connectivity index (χ2n) is 6.80. The molecule has 152 valence electrons. The fraction of sp³-hybridized carbons (Fsp3) is 0.381. The maximum Gasteiger partial charge on any atom is 0.240 e. The van der Waals surface area contributed by atoms with Gasteiger partial charge >= 0.3 is 0 Å². The van der Waals surface area contributed by atoms with Crippen LogP contribution in [0.1, 0.15) is 23.1 Å². The minimum Gasteiger partial charge on any atom is -0.354 e. The average Bonchev–Trinajstić information content (AvgIpc) is 2.64. The summed E-state index contributed by atoms with van der Waals surface area (Å²) in [6.45, 7) is 4.07. The number of carbonyl (C=O) groups is 1. The lowest BCUT2D eigenvalue weighted by atomic mass is 10.1. The molecule has 0 aliphatic rings. The molecular formula is C21H28N2O3S2. The van der Waals surface area contributed by atoms with E-state index < -0.39 is 10.0 Å². The van der Waals surface area contributed by atoms with Crippen molar-refractivity contribution in [1.29, 1.82) is 0 Å². The van der Waals surface area contributed by atoms with E-state index in [9.17, 15) is 13.2 Å². The van der Waals surface area contributed by atoms with Gasteiger partial charge in [0.25, 0.3) is 0 Å². The number of hydrogen-bond acceptors (Lipinski definition) is 4. The van der Waals surface area contributed by atoms with Crippen LogP contribution in [0.25, 0.3) is 0 Å². The average molecular weight is 421 g/mol. The Balaban J connectivity index is 1.81. The van der Waals surface area contributed by atoms with Crippen molar-refractivity contribution in [3.63, 3.8) is 0 Å². The van der Waals surface area contributed by atoms with Gasteiger partial charge in [0, 0.05) is 12.3 Å². The van der Waals surface area contributed by atoms with Gasteiger partial charge in [-0.05, 0) is 48.8 Å². The van der Waals surface area contributed by atoms with Crippen LogP contribution in [0.3, 0.4) is 0 Å². The van der Waals surface area contributed by atoms with Crippen LogP contribution in [0.2, 0.25) is 0 Å². The molecule has 0 aliphatic heterocycles. The summed E-state index contributed by atoms with van der Waals surface area (Å²) >= 11 is 1.82. The fourth-order valence-electron chi connectivity index (χ4n) is 2.72. The van der Waals surface area contributed by atoms with Gasteiger partial charge in [0.15, 0.2) is 0 Å². The lowest BCUT2D eigenvalue weighted by molar-refractivity contribution is -0.119. The van der Waals surface area contributed by atoms with Gasteiger partial charge < -0.3 is 5.32 Å². The summed E-state index contributed by atoms with van der Waals surface area (Å²) in [7, 11) is -3.55. The van der Waals surface area contributed by atoms with Crippen molar-refractivity contribution in [2.75, 3.05) is 29.4 Å². The zero-order valence-electron chi connectivity index (χ0n) is 16.6. The molecule has 2 aromatic rings. The summed E-state index contributed by atoms with van der Waals surface area (Å²) in [4.78, 5) is 12.3. The highest BCUT2D eigenvalue weighted by atomic mass is 32.2. The summed E-state index contributed by atoms with van der Waals surface area (Å²) in [6, 6.07) is 15.8. The molecule has 1 N–H and O–H groups in total. The first-order valence-corrected chi connectivity index (χ1v) is 12.2. The number of anilines is 1. The van der Waals surface area contributed by atoms with Crippen LogP contribution < -0.4 is 9.62 Å². The third kappa shape index (κ3) is 7.20. The number of amides is 1. The lowest BCUT2D eigenvalue weighted by Crippen LogP contribution is -2.41. The Morgan fingerprint density at radius 3 is 2.50 bits per heavy atom. The number of sulfonamides is 1. The van der Waals surface area contributed by atoms with Crippen LogP contribution in [0, 0.1) is 13.8 Å². The highest BCUT2D eigenvalue weighted by molar-refractivity contribution is 7.98. The normalized spacial score (nSPS) is 11.2. The maximum atomic E-state index is 12.3. The van der Waals surface area contributed by atoms with Gasteiger partial charge in [-0.3, -0.25) is 9.10 Å². The van der Waals surface area contributed by atoms with E-state index in [-0.39, 0.29) is 12.5 Å². The molecule has 0 saturated carbocycles. The van der Waals surface area contributed by atoms with Crippen molar-refractivity contribution in [3.05, 3.63) is 65.2 Å². The first kappa shape index (κ1) is 22.3. The van der Waals surface area contributed by atoms with Crippen molar-refractivity contribution in [2.24, 2.45) is 0 Å². The number of rotatable bonds is 10. The van der Waals surface area contributed by atoms with E-state index in [0.717, 1.165) is 35.3 Å². The zero-order chi connectivity index (χ0) is 20.6. The van der Waals surface area contributed by atoms with Gasteiger partial charge in [-0.25, -0.2) is 8.42 Å². The van der Waals surface area contributed by atoms with E-state index in [1.54, 1.807) is 6.07 Å². The largest absolute Gasteiger partial charge is 0.354 e. The highest BCUT2D eigenvalue weighted by Crippen LogP contribution is 2.23. The molecule has 7 heteroatoms. The van der Waals surface area contributed by atoms with E-state index in [1.165, 1.54) is 9.87 Å². The molecule has 0 unspecified atom stereocenters. The number of nitrogens with one attached hydrogen (secondary N) is 1. The lowest BCUT2D eigenvalue weighted by Gasteiger charge is -2.24. The number of nitrogens with zero attached hydrogens (tertiary/aromatic N) is 1. The summed E-state index contributed by atoms with van der Waals surface area (Å²) in [5.74, 6) is 1.59. The monoisotopic (exact) mass is 420 g/mol. The molecule has 28 heavy (non-hydrogen) atoms.